The summed E-state index contributed by atoms with van der Waals surface area (Å²) in [6.45, 7) is 2.92. The van der Waals surface area contributed by atoms with Gasteiger partial charge >= 0.3 is 5.97 Å². The first kappa shape index (κ1) is 36.5. The summed E-state index contributed by atoms with van der Waals surface area (Å²) in [5, 5.41) is 13.6. The van der Waals surface area contributed by atoms with Gasteiger partial charge in [-0.05, 0) is 55.9 Å². The Hall–Kier alpha value is -3.29. The molecule has 3 aromatic rings. The van der Waals surface area contributed by atoms with Crippen molar-refractivity contribution in [3.8, 4) is 0 Å². The number of likely N-dealkylation sites (tertiary alicyclic amines) is 1. The third kappa shape index (κ3) is 8.42. The van der Waals surface area contributed by atoms with E-state index in [0.29, 0.717) is 93.3 Å². The quantitative estimate of drug-likeness (QED) is 0.257. The molecule has 0 bridgehead atoms. The van der Waals surface area contributed by atoms with E-state index in [2.05, 4.69) is 10.2 Å². The Morgan fingerprint density at radius 1 is 1.02 bits per heavy atom. The van der Waals surface area contributed by atoms with Gasteiger partial charge in [-0.25, -0.2) is 8.78 Å². The molecule has 0 spiro atoms. The molecule has 1 saturated carbocycles. The van der Waals surface area contributed by atoms with Crippen LogP contribution in [-0.2, 0) is 27.8 Å². The van der Waals surface area contributed by atoms with Gasteiger partial charge in [0.2, 0.25) is 5.91 Å². The van der Waals surface area contributed by atoms with Gasteiger partial charge in [0.15, 0.2) is 0 Å². The van der Waals surface area contributed by atoms with Crippen molar-refractivity contribution >= 4 is 57.6 Å². The highest BCUT2D eigenvalue weighted by atomic mass is 35.5. The molecule has 6 rings (SSSR count). The summed E-state index contributed by atoms with van der Waals surface area (Å²) in [4.78, 5) is 44.5. The number of aliphatic carboxylic acids is 1. The van der Waals surface area contributed by atoms with Crippen LogP contribution >= 0.6 is 23.2 Å². The fourth-order valence-electron chi connectivity index (χ4n) is 7.65. The number of aryl methyl sites for hydroxylation is 1. The van der Waals surface area contributed by atoms with Gasteiger partial charge in [-0.2, -0.15) is 0 Å². The van der Waals surface area contributed by atoms with Crippen molar-refractivity contribution in [2.24, 2.45) is 13.0 Å². The van der Waals surface area contributed by atoms with Crippen molar-refractivity contribution in [2.75, 3.05) is 51.2 Å². The maximum Gasteiger partial charge on any atom is 0.306 e. The topological polar surface area (TPSA) is 107 Å². The number of carbonyl (C=O) groups excluding carboxylic acids is 2. The van der Waals surface area contributed by atoms with Crippen LogP contribution in [0.3, 0.4) is 0 Å². The lowest BCUT2D eigenvalue weighted by atomic mass is 9.87. The van der Waals surface area contributed by atoms with Gasteiger partial charge in [0.25, 0.3) is 12.3 Å². The molecule has 2 saturated heterocycles. The van der Waals surface area contributed by atoms with Gasteiger partial charge < -0.3 is 24.6 Å². The van der Waals surface area contributed by atoms with Crippen LogP contribution in [0.2, 0.25) is 10.0 Å². The summed E-state index contributed by atoms with van der Waals surface area (Å²) in [5.74, 6) is -1.59. The SMILES string of the molecule is Cn1cc(C(=O)Nc2cc(Cl)c(CC(=O)N3C[C@@H](N4CCN(CC(F)F)CC4)C[C@H]3COC3CCC(C(=O)O)CC3)cc2Cl)c2ccccc21. The first-order valence-corrected chi connectivity index (χ1v) is 17.9. The molecular weight excluding hydrogens is 691 g/mol. The second kappa shape index (κ2) is 15.9. The molecule has 0 unspecified atom stereocenters. The number of hydrogen-bond donors (Lipinski definition) is 2. The molecule has 2 aliphatic heterocycles. The maximum absolute atomic E-state index is 14.0. The van der Waals surface area contributed by atoms with Crippen molar-refractivity contribution in [1.82, 2.24) is 19.3 Å². The van der Waals surface area contributed by atoms with E-state index in [1.54, 1.807) is 23.2 Å². The smallest absolute Gasteiger partial charge is 0.306 e. The molecular formula is C36H43Cl2F2N5O5. The van der Waals surface area contributed by atoms with E-state index in [1.807, 2.05) is 40.8 Å². The van der Waals surface area contributed by atoms with Crippen molar-refractivity contribution in [3.05, 3.63) is 63.8 Å². The summed E-state index contributed by atoms with van der Waals surface area (Å²) in [6, 6.07) is 10.6. The molecule has 3 heterocycles. The predicted octanol–water partition coefficient (Wildman–Crippen LogP) is 5.79. The number of alkyl halides is 2. The average molecular weight is 735 g/mol. The lowest BCUT2D eigenvalue weighted by molar-refractivity contribution is -0.144. The van der Waals surface area contributed by atoms with E-state index in [4.69, 9.17) is 27.9 Å². The molecule has 2 amide bonds. The molecule has 0 radical (unpaired) electrons. The van der Waals surface area contributed by atoms with Crippen LogP contribution in [0.5, 0.6) is 0 Å². The van der Waals surface area contributed by atoms with Gasteiger partial charge in [-0.15, -0.1) is 0 Å². The number of halogens is 4. The number of fused-ring (bicyclic) bond motifs is 1. The van der Waals surface area contributed by atoms with Crippen molar-refractivity contribution in [3.63, 3.8) is 0 Å². The monoisotopic (exact) mass is 733 g/mol. The van der Waals surface area contributed by atoms with Gasteiger partial charge in [0, 0.05) is 67.9 Å². The summed E-state index contributed by atoms with van der Waals surface area (Å²) >= 11 is 13.3. The van der Waals surface area contributed by atoms with Gasteiger partial charge in [0.1, 0.15) is 0 Å². The lowest BCUT2D eigenvalue weighted by Crippen LogP contribution is -2.52. The van der Waals surface area contributed by atoms with Crippen LogP contribution in [0, 0.1) is 5.92 Å². The van der Waals surface area contributed by atoms with E-state index < -0.39 is 12.4 Å². The molecule has 3 aliphatic rings. The zero-order valence-electron chi connectivity index (χ0n) is 28.0. The number of benzene rings is 2. The Morgan fingerprint density at radius 3 is 2.44 bits per heavy atom. The summed E-state index contributed by atoms with van der Waals surface area (Å²) in [6.07, 6.45) is 2.44. The third-order valence-corrected chi connectivity index (χ3v) is 11.1. The van der Waals surface area contributed by atoms with E-state index in [1.165, 1.54) is 0 Å². The number of anilines is 1. The Morgan fingerprint density at radius 2 is 1.74 bits per heavy atom. The van der Waals surface area contributed by atoms with E-state index >= 15 is 0 Å². The number of para-hydroxylation sites is 1. The summed E-state index contributed by atoms with van der Waals surface area (Å²) in [7, 11) is 1.87. The second-order valence-corrected chi connectivity index (χ2v) is 14.5. The lowest BCUT2D eigenvalue weighted by Gasteiger charge is -2.37. The number of nitrogens with one attached hydrogen (secondary N) is 1. The highest BCUT2D eigenvalue weighted by molar-refractivity contribution is 6.36. The highest BCUT2D eigenvalue weighted by Crippen LogP contribution is 2.33. The molecule has 3 fully saturated rings. The molecule has 14 heteroatoms. The first-order valence-electron chi connectivity index (χ1n) is 17.2. The Labute approximate surface area is 300 Å². The second-order valence-electron chi connectivity index (χ2n) is 13.7. The van der Waals surface area contributed by atoms with Crippen molar-refractivity contribution < 1.29 is 33.0 Å². The van der Waals surface area contributed by atoms with Crippen molar-refractivity contribution in [2.45, 2.75) is 63.1 Å². The number of carbonyl (C=O) groups is 3. The molecule has 1 aliphatic carbocycles. The summed E-state index contributed by atoms with van der Waals surface area (Å²) < 4.78 is 34.1. The molecule has 2 atom stereocenters. The highest BCUT2D eigenvalue weighted by Gasteiger charge is 2.40. The molecule has 2 N–H and O–H groups in total. The molecule has 50 heavy (non-hydrogen) atoms. The van der Waals surface area contributed by atoms with Gasteiger partial charge in [-0.3, -0.25) is 24.2 Å². The molecule has 10 nitrogen and oxygen atoms in total. The van der Waals surface area contributed by atoms with Gasteiger partial charge in [0.05, 0.1) is 53.9 Å². The van der Waals surface area contributed by atoms with E-state index in [9.17, 15) is 28.3 Å². The van der Waals surface area contributed by atoms with Crippen molar-refractivity contribution in [1.29, 1.82) is 0 Å². The number of carboxylic acids is 1. The average Bonchev–Trinajstić information content (AvgIpc) is 3.68. The van der Waals surface area contributed by atoms with E-state index in [-0.39, 0.29) is 53.9 Å². The van der Waals surface area contributed by atoms with Crippen LogP contribution in [-0.4, -0.2) is 113 Å². The van der Waals surface area contributed by atoms with Crippen LogP contribution in [0.4, 0.5) is 14.5 Å². The number of carboxylic acid groups (broad SMARTS) is 1. The van der Waals surface area contributed by atoms with Crippen LogP contribution in [0.25, 0.3) is 10.9 Å². The maximum atomic E-state index is 14.0. The number of ether oxygens (including phenoxy) is 1. The minimum absolute atomic E-state index is 0.00872. The van der Waals surface area contributed by atoms with Gasteiger partial charge in [-0.1, -0.05) is 41.4 Å². The fourth-order valence-corrected chi connectivity index (χ4v) is 8.11. The number of piperazine rings is 1. The minimum atomic E-state index is -2.37. The number of hydrogen-bond acceptors (Lipinski definition) is 6. The van der Waals surface area contributed by atoms with Crippen LogP contribution in [0.15, 0.2) is 42.6 Å². The Balaban J connectivity index is 1.12. The minimum Gasteiger partial charge on any atom is -0.481 e. The predicted molar refractivity (Wildman–Crippen MR) is 188 cm³/mol. The number of rotatable bonds is 11. The molecule has 2 aromatic carbocycles. The zero-order chi connectivity index (χ0) is 35.5. The van der Waals surface area contributed by atoms with Crippen LogP contribution < -0.4 is 5.32 Å². The Bertz CT molecular complexity index is 1710. The first-order chi connectivity index (χ1) is 24.0. The van der Waals surface area contributed by atoms with Crippen LogP contribution in [0.1, 0.15) is 48.0 Å². The summed E-state index contributed by atoms with van der Waals surface area (Å²) in [5.41, 5.74) is 2.28. The van der Waals surface area contributed by atoms with E-state index in [0.717, 1.165) is 10.9 Å². The largest absolute Gasteiger partial charge is 0.481 e. The zero-order valence-corrected chi connectivity index (χ0v) is 29.5. The number of amides is 2. The molecule has 1 aromatic heterocycles. The number of nitrogens with zero attached hydrogens (tertiary/aromatic N) is 4. The normalized spacial score (nSPS) is 23.5. The fraction of sp³-hybridized carbons (Fsp3) is 0.528. The molecule has 270 valence electrons. The number of aromatic nitrogens is 1. The third-order valence-electron chi connectivity index (χ3n) is 10.4. The Kier molecular flexibility index (Phi) is 11.6. The standard InChI is InChI=1S/C36H43Cl2F2N5O5/c1-42-19-28(27-4-2-3-5-32(27)42)35(47)41-31-17-29(37)23(14-30(31)38)15-34(46)45-18-24(44-12-10-43(11-13-44)20-33(39)40)16-25(45)21-50-26-8-6-22(7-9-26)36(48)49/h2-5,14,17,19,22,24-26,33H,6-13,15-16,18,20-21H2,1H3,(H,41,47)(H,48,49)/t22?,24-,25-,26?/m0/s1.